The van der Waals surface area contributed by atoms with E-state index >= 15 is 0 Å². The van der Waals surface area contributed by atoms with Crippen LogP contribution in [0.25, 0.3) is 5.13 Å². The maximum atomic E-state index is 8.89. The molecule has 6 heteroatoms. The van der Waals surface area contributed by atoms with E-state index < -0.39 is 0 Å². The van der Waals surface area contributed by atoms with Crippen molar-refractivity contribution in [2.45, 2.75) is 6.61 Å². The van der Waals surface area contributed by atoms with Crippen LogP contribution in [0.5, 0.6) is 0 Å². The van der Waals surface area contributed by atoms with Gasteiger partial charge in [0.1, 0.15) is 5.15 Å². The molecule has 2 aromatic heterocycles. The second kappa shape index (κ2) is 3.45. The molecule has 0 aliphatic carbocycles. The van der Waals surface area contributed by atoms with E-state index in [9.17, 15) is 0 Å². The van der Waals surface area contributed by atoms with Gasteiger partial charge in [-0.2, -0.15) is 5.10 Å². The molecule has 1 N–H and O–H groups in total. The molecule has 0 fully saturated rings. The summed E-state index contributed by atoms with van der Waals surface area (Å²) in [6.07, 6.45) is 3.43. The molecule has 2 rings (SSSR count). The van der Waals surface area contributed by atoms with Gasteiger partial charge >= 0.3 is 0 Å². The van der Waals surface area contributed by atoms with E-state index in [4.69, 9.17) is 16.7 Å². The van der Waals surface area contributed by atoms with Gasteiger partial charge in [0.15, 0.2) is 0 Å². The minimum absolute atomic E-state index is 0.0855. The molecular weight excluding hydrogens is 210 g/mol. The third-order valence-corrected chi connectivity index (χ3v) is 2.94. The first-order valence-corrected chi connectivity index (χ1v) is 4.77. The fraction of sp³-hybridized carbons (Fsp3) is 0.143. The average molecular weight is 216 g/mol. The molecule has 13 heavy (non-hydrogen) atoms. The molecule has 0 unspecified atom stereocenters. The molecule has 4 nitrogen and oxygen atoms in total. The Morgan fingerprint density at radius 2 is 2.46 bits per heavy atom. The number of aliphatic hydroxyl groups is 1. The van der Waals surface area contributed by atoms with E-state index in [0.717, 1.165) is 0 Å². The van der Waals surface area contributed by atoms with Crippen LogP contribution in [-0.4, -0.2) is 19.9 Å². The first-order chi connectivity index (χ1) is 6.31. The third kappa shape index (κ3) is 1.58. The summed E-state index contributed by atoms with van der Waals surface area (Å²) in [5.74, 6) is 0. The summed E-state index contributed by atoms with van der Waals surface area (Å²) >= 11 is 7.08. The van der Waals surface area contributed by atoms with Crippen LogP contribution in [0.3, 0.4) is 0 Å². The second-order valence-corrected chi connectivity index (χ2v) is 3.74. The Balaban J connectivity index is 2.43. The van der Waals surface area contributed by atoms with Gasteiger partial charge in [-0.1, -0.05) is 22.9 Å². The van der Waals surface area contributed by atoms with Crippen LogP contribution in [0.1, 0.15) is 4.88 Å². The van der Waals surface area contributed by atoms with Gasteiger partial charge in [-0.05, 0) is 6.07 Å². The van der Waals surface area contributed by atoms with Gasteiger partial charge < -0.3 is 5.11 Å². The monoisotopic (exact) mass is 215 g/mol. The molecule has 0 aliphatic heterocycles. The molecule has 0 radical (unpaired) electrons. The summed E-state index contributed by atoms with van der Waals surface area (Å²) in [6, 6.07) is 1.80. The van der Waals surface area contributed by atoms with Crippen LogP contribution in [0.2, 0.25) is 5.15 Å². The predicted molar refractivity (Wildman–Crippen MR) is 50.2 cm³/mol. The first-order valence-electron chi connectivity index (χ1n) is 3.57. The number of hydrogen-bond donors (Lipinski definition) is 1. The number of halogens is 1. The van der Waals surface area contributed by atoms with Crippen LogP contribution in [0.4, 0.5) is 0 Å². The summed E-state index contributed by atoms with van der Waals surface area (Å²) in [6.45, 7) is -0.0855. The van der Waals surface area contributed by atoms with E-state index in [1.54, 1.807) is 23.1 Å². The quantitative estimate of drug-likeness (QED) is 0.826. The van der Waals surface area contributed by atoms with Crippen molar-refractivity contribution in [1.82, 2.24) is 14.8 Å². The molecule has 0 bridgehead atoms. The second-order valence-electron chi connectivity index (χ2n) is 2.32. The minimum Gasteiger partial charge on any atom is -0.391 e. The molecule has 68 valence electrons. The number of nitrogens with zero attached hydrogens (tertiary/aromatic N) is 3. The maximum absolute atomic E-state index is 8.89. The lowest BCUT2D eigenvalue weighted by molar-refractivity contribution is 0.285. The molecule has 0 amide bonds. The Morgan fingerprint density at radius 3 is 3.00 bits per heavy atom. The fourth-order valence-corrected chi connectivity index (χ4v) is 1.96. The van der Waals surface area contributed by atoms with E-state index in [0.29, 0.717) is 15.2 Å². The van der Waals surface area contributed by atoms with Crippen molar-refractivity contribution in [2.75, 3.05) is 0 Å². The zero-order valence-corrected chi connectivity index (χ0v) is 8.09. The lowest BCUT2D eigenvalue weighted by Crippen LogP contribution is -1.91. The van der Waals surface area contributed by atoms with Crippen molar-refractivity contribution in [3.05, 3.63) is 28.5 Å². The molecule has 2 heterocycles. The van der Waals surface area contributed by atoms with Gasteiger partial charge in [0.05, 0.1) is 11.5 Å². The maximum Gasteiger partial charge on any atom is 0.212 e. The van der Waals surface area contributed by atoms with Gasteiger partial charge in [0.25, 0.3) is 0 Å². The Morgan fingerprint density at radius 1 is 1.62 bits per heavy atom. The summed E-state index contributed by atoms with van der Waals surface area (Å²) in [7, 11) is 0. The lowest BCUT2D eigenvalue weighted by atomic mass is 10.6. The molecule has 0 saturated carbocycles. The molecule has 2 aromatic rings. The Kier molecular flexibility index (Phi) is 2.30. The first kappa shape index (κ1) is 8.68. The molecule has 0 aromatic carbocycles. The van der Waals surface area contributed by atoms with E-state index in [2.05, 4.69) is 10.1 Å². The summed E-state index contributed by atoms with van der Waals surface area (Å²) in [5, 5.41) is 13.9. The van der Waals surface area contributed by atoms with Gasteiger partial charge in [-0.3, -0.25) is 0 Å². The molecule has 0 saturated heterocycles. The lowest BCUT2D eigenvalue weighted by Gasteiger charge is -1.90. The number of aliphatic hydroxyl groups excluding tert-OH is 1. The SMILES string of the molecule is OCc1sc(-n2cccn2)nc1Cl. The van der Waals surface area contributed by atoms with Crippen LogP contribution >= 0.6 is 22.9 Å². The molecule has 0 spiro atoms. The van der Waals surface area contributed by atoms with E-state index in [1.165, 1.54) is 11.3 Å². The summed E-state index contributed by atoms with van der Waals surface area (Å²) in [4.78, 5) is 4.71. The number of hydrogen-bond acceptors (Lipinski definition) is 4. The average Bonchev–Trinajstić information content (AvgIpc) is 2.71. The predicted octanol–water partition coefficient (Wildman–Crippen LogP) is 1.47. The van der Waals surface area contributed by atoms with Crippen molar-refractivity contribution in [3.63, 3.8) is 0 Å². The Bertz CT molecular complexity index is 398. The van der Waals surface area contributed by atoms with Gasteiger partial charge in [0.2, 0.25) is 5.13 Å². The van der Waals surface area contributed by atoms with Gasteiger partial charge in [-0.25, -0.2) is 9.67 Å². The fourth-order valence-electron chi connectivity index (χ4n) is 0.899. The highest BCUT2D eigenvalue weighted by Gasteiger charge is 2.09. The smallest absolute Gasteiger partial charge is 0.212 e. The zero-order chi connectivity index (χ0) is 9.26. The van der Waals surface area contributed by atoms with E-state index in [1.807, 2.05) is 0 Å². The van der Waals surface area contributed by atoms with Gasteiger partial charge in [0, 0.05) is 12.4 Å². The minimum atomic E-state index is -0.0855. The number of thiazole rings is 1. The van der Waals surface area contributed by atoms with Crippen LogP contribution < -0.4 is 0 Å². The highest BCUT2D eigenvalue weighted by molar-refractivity contribution is 7.14. The number of rotatable bonds is 2. The van der Waals surface area contributed by atoms with Crippen molar-refractivity contribution >= 4 is 22.9 Å². The summed E-state index contributed by atoms with van der Waals surface area (Å²) < 4.78 is 1.61. The summed E-state index contributed by atoms with van der Waals surface area (Å²) in [5.41, 5.74) is 0. The largest absolute Gasteiger partial charge is 0.391 e. The Hall–Kier alpha value is -0.910. The van der Waals surface area contributed by atoms with Crippen molar-refractivity contribution < 1.29 is 5.11 Å². The van der Waals surface area contributed by atoms with Crippen molar-refractivity contribution in [1.29, 1.82) is 0 Å². The van der Waals surface area contributed by atoms with Crippen molar-refractivity contribution in [3.8, 4) is 5.13 Å². The molecular formula is C7H6ClN3OS. The van der Waals surface area contributed by atoms with Crippen LogP contribution in [0.15, 0.2) is 18.5 Å². The van der Waals surface area contributed by atoms with Crippen LogP contribution in [-0.2, 0) is 6.61 Å². The highest BCUT2D eigenvalue weighted by atomic mass is 35.5. The Labute approximate surface area is 83.4 Å². The highest BCUT2D eigenvalue weighted by Crippen LogP contribution is 2.24. The van der Waals surface area contributed by atoms with E-state index in [-0.39, 0.29) is 6.61 Å². The third-order valence-electron chi connectivity index (χ3n) is 1.48. The molecule has 0 aliphatic rings. The van der Waals surface area contributed by atoms with Gasteiger partial charge in [-0.15, -0.1) is 0 Å². The standard InChI is InChI=1S/C7H6ClN3OS/c8-6-5(4-12)13-7(10-6)11-3-1-2-9-11/h1-3,12H,4H2. The molecule has 0 atom stereocenters. The normalized spacial score (nSPS) is 10.6. The number of aromatic nitrogens is 3. The van der Waals surface area contributed by atoms with Crippen molar-refractivity contribution in [2.24, 2.45) is 0 Å². The van der Waals surface area contributed by atoms with Crippen LogP contribution in [0, 0.1) is 0 Å². The zero-order valence-electron chi connectivity index (χ0n) is 6.51. The topological polar surface area (TPSA) is 50.9 Å².